The Morgan fingerprint density at radius 2 is 2.12 bits per heavy atom. The van der Waals surface area contributed by atoms with Crippen molar-refractivity contribution in [3.63, 3.8) is 0 Å². The van der Waals surface area contributed by atoms with E-state index in [1.807, 2.05) is 44.0 Å². The molecule has 0 spiro atoms. The molecule has 0 atom stereocenters. The minimum absolute atomic E-state index is 0.363. The molecule has 1 aromatic carbocycles. The lowest BCUT2D eigenvalue weighted by Crippen LogP contribution is -2.53. The predicted octanol–water partition coefficient (Wildman–Crippen LogP) is 1.85. The van der Waals surface area contributed by atoms with E-state index in [2.05, 4.69) is 15.3 Å². The van der Waals surface area contributed by atoms with E-state index in [0.717, 1.165) is 37.1 Å². The minimum Gasteiger partial charge on any atom is -0.351 e. The van der Waals surface area contributed by atoms with Crippen LogP contribution in [-0.4, -0.2) is 50.0 Å². The van der Waals surface area contributed by atoms with Gasteiger partial charge in [-0.1, -0.05) is 17.7 Å². The molecule has 0 unspecified atom stereocenters. The quantitative estimate of drug-likeness (QED) is 0.608. The van der Waals surface area contributed by atoms with Crippen LogP contribution < -0.4 is 16.0 Å². The summed E-state index contributed by atoms with van der Waals surface area (Å²) in [6.07, 6.45) is 2.13. The monoisotopic (exact) mass is 330 g/mol. The average molecular weight is 330 g/mol. The van der Waals surface area contributed by atoms with Crippen molar-refractivity contribution in [1.82, 2.24) is 10.2 Å². The largest absolute Gasteiger partial charge is 0.351 e. The van der Waals surface area contributed by atoms with E-state index < -0.39 is 6.03 Å². The molecule has 0 aromatic heterocycles. The number of carbonyl (C=O) groups excluding carboxylic acids is 1. The number of hydrogen-bond acceptors (Lipinski definition) is 4. The van der Waals surface area contributed by atoms with Gasteiger partial charge >= 0.3 is 6.03 Å². The highest BCUT2D eigenvalue weighted by Crippen LogP contribution is 2.21. The number of nitrogens with zero attached hydrogens (tertiary/aromatic N) is 4. The van der Waals surface area contributed by atoms with E-state index in [1.165, 1.54) is 4.90 Å². The maximum absolute atomic E-state index is 12.1. The fraction of sp³-hybridized carbons (Fsp3) is 0.471. The Morgan fingerprint density at radius 3 is 2.75 bits per heavy atom. The maximum atomic E-state index is 12.1. The Labute approximate surface area is 143 Å². The molecule has 0 saturated carbocycles. The van der Waals surface area contributed by atoms with Crippen molar-refractivity contribution in [2.75, 3.05) is 32.1 Å². The molecule has 2 amide bonds. The van der Waals surface area contributed by atoms with Crippen LogP contribution in [0.5, 0.6) is 0 Å². The van der Waals surface area contributed by atoms with Crippen LogP contribution in [0.3, 0.4) is 0 Å². The number of carbonyl (C=O) groups is 1. The van der Waals surface area contributed by atoms with Crippen molar-refractivity contribution < 1.29 is 4.79 Å². The first-order chi connectivity index (χ1) is 11.4. The van der Waals surface area contributed by atoms with Crippen molar-refractivity contribution in [1.29, 1.82) is 0 Å². The normalized spacial score (nSPS) is 15.6. The number of nitrogens with one attached hydrogen (secondary N) is 1. The highest BCUT2D eigenvalue weighted by Gasteiger charge is 2.23. The van der Waals surface area contributed by atoms with Crippen molar-refractivity contribution in [3.05, 3.63) is 29.3 Å². The first-order valence-corrected chi connectivity index (χ1v) is 8.10. The van der Waals surface area contributed by atoms with Gasteiger partial charge in [-0.3, -0.25) is 15.3 Å². The molecule has 1 heterocycles. The third-order valence-corrected chi connectivity index (χ3v) is 3.99. The topological polar surface area (TPSA) is 86.3 Å². The molecular weight excluding hydrogens is 304 g/mol. The fourth-order valence-electron chi connectivity index (χ4n) is 2.71. The number of urea groups is 1. The molecule has 1 aliphatic heterocycles. The van der Waals surface area contributed by atoms with Crippen molar-refractivity contribution in [3.8, 4) is 0 Å². The van der Waals surface area contributed by atoms with Crippen molar-refractivity contribution >= 4 is 23.6 Å². The smallest absolute Gasteiger partial charge is 0.326 e. The van der Waals surface area contributed by atoms with Crippen molar-refractivity contribution in [2.24, 2.45) is 15.7 Å². The van der Waals surface area contributed by atoms with Gasteiger partial charge in [0.25, 0.3) is 0 Å². The van der Waals surface area contributed by atoms with Gasteiger partial charge in [-0.25, -0.2) is 9.69 Å². The van der Waals surface area contributed by atoms with Crippen LogP contribution in [-0.2, 0) is 0 Å². The van der Waals surface area contributed by atoms with Gasteiger partial charge < -0.3 is 10.6 Å². The summed E-state index contributed by atoms with van der Waals surface area (Å²) in [6.45, 7) is 5.61. The SMILES string of the molecule is CN=C(NC1=NCCCCN1C)N(C(N)=O)c1ccc(C)cc1C. The van der Waals surface area contributed by atoms with E-state index in [0.29, 0.717) is 17.6 Å². The number of primary amides is 1. The summed E-state index contributed by atoms with van der Waals surface area (Å²) >= 11 is 0. The zero-order valence-corrected chi connectivity index (χ0v) is 14.8. The van der Waals surface area contributed by atoms with Gasteiger partial charge in [-0.15, -0.1) is 0 Å². The first kappa shape index (κ1) is 17.8. The second-order valence-corrected chi connectivity index (χ2v) is 5.97. The molecule has 0 radical (unpaired) electrons. The maximum Gasteiger partial charge on any atom is 0.326 e. The molecule has 24 heavy (non-hydrogen) atoms. The number of rotatable bonds is 1. The summed E-state index contributed by atoms with van der Waals surface area (Å²) in [5.41, 5.74) is 8.42. The van der Waals surface area contributed by atoms with E-state index in [1.54, 1.807) is 7.05 Å². The number of anilines is 1. The van der Waals surface area contributed by atoms with Gasteiger partial charge in [-0.2, -0.15) is 0 Å². The zero-order chi connectivity index (χ0) is 17.7. The Bertz CT molecular complexity index is 667. The lowest BCUT2D eigenvalue weighted by molar-refractivity contribution is 0.256. The van der Waals surface area contributed by atoms with Gasteiger partial charge in [0.15, 0.2) is 0 Å². The Balaban J connectivity index is 2.34. The lowest BCUT2D eigenvalue weighted by Gasteiger charge is -2.27. The Morgan fingerprint density at radius 1 is 1.38 bits per heavy atom. The summed E-state index contributed by atoms with van der Waals surface area (Å²) in [5.74, 6) is 1.06. The Kier molecular flexibility index (Phi) is 5.78. The average Bonchev–Trinajstić information content (AvgIpc) is 2.73. The van der Waals surface area contributed by atoms with Gasteiger partial charge in [-0.05, 0) is 38.3 Å². The van der Waals surface area contributed by atoms with Crippen LogP contribution >= 0.6 is 0 Å². The molecule has 2 rings (SSSR count). The van der Waals surface area contributed by atoms with Crippen LogP contribution in [0.2, 0.25) is 0 Å². The third-order valence-electron chi connectivity index (χ3n) is 3.99. The van der Waals surface area contributed by atoms with Gasteiger partial charge in [0.1, 0.15) is 0 Å². The standard InChI is InChI=1S/C17H26N6O/c1-12-7-8-14(13(2)11-12)23(15(18)24)16(19-3)21-17-20-9-5-6-10-22(17)4/h7-8,11H,5-6,9-10H2,1-4H3,(H2,18,24)(H,19,20,21). The number of aliphatic imine (C=N–C) groups is 2. The number of guanidine groups is 2. The van der Waals surface area contributed by atoms with Crippen LogP contribution in [0, 0.1) is 13.8 Å². The Hall–Kier alpha value is -2.57. The summed E-state index contributed by atoms with van der Waals surface area (Å²) in [4.78, 5) is 24.3. The van der Waals surface area contributed by atoms with Crippen LogP contribution in [0.15, 0.2) is 28.2 Å². The molecule has 0 saturated heterocycles. The highest BCUT2D eigenvalue weighted by atomic mass is 16.2. The van der Waals surface area contributed by atoms with Crippen molar-refractivity contribution in [2.45, 2.75) is 26.7 Å². The number of hydrogen-bond donors (Lipinski definition) is 2. The molecule has 3 N–H and O–H groups in total. The molecule has 7 nitrogen and oxygen atoms in total. The third kappa shape index (κ3) is 4.04. The summed E-state index contributed by atoms with van der Waals surface area (Å²) in [5, 5.41) is 3.17. The highest BCUT2D eigenvalue weighted by molar-refractivity contribution is 6.19. The molecule has 1 aromatic rings. The second-order valence-electron chi connectivity index (χ2n) is 5.97. The zero-order valence-electron chi connectivity index (χ0n) is 14.8. The molecule has 0 aliphatic carbocycles. The van der Waals surface area contributed by atoms with E-state index in [4.69, 9.17) is 5.73 Å². The predicted molar refractivity (Wildman–Crippen MR) is 98.6 cm³/mol. The lowest BCUT2D eigenvalue weighted by atomic mass is 10.1. The molecular formula is C17H26N6O. The van der Waals surface area contributed by atoms with E-state index >= 15 is 0 Å². The van der Waals surface area contributed by atoms with Crippen LogP contribution in [0.4, 0.5) is 10.5 Å². The number of nitrogens with two attached hydrogens (primary N) is 1. The van der Waals surface area contributed by atoms with Gasteiger partial charge in [0.05, 0.1) is 5.69 Å². The van der Waals surface area contributed by atoms with Gasteiger partial charge in [0, 0.05) is 27.2 Å². The number of aryl methyl sites for hydroxylation is 2. The van der Waals surface area contributed by atoms with Crippen LogP contribution in [0.25, 0.3) is 0 Å². The summed E-state index contributed by atoms with van der Waals surface area (Å²) in [6, 6.07) is 5.24. The first-order valence-electron chi connectivity index (χ1n) is 8.10. The second kappa shape index (κ2) is 7.81. The van der Waals surface area contributed by atoms with E-state index in [9.17, 15) is 4.79 Å². The number of amides is 2. The van der Waals surface area contributed by atoms with E-state index in [-0.39, 0.29) is 0 Å². The fourth-order valence-corrected chi connectivity index (χ4v) is 2.71. The molecule has 0 fully saturated rings. The summed E-state index contributed by atoms with van der Waals surface area (Å²) < 4.78 is 0. The molecule has 7 heteroatoms. The molecule has 0 bridgehead atoms. The molecule has 130 valence electrons. The summed E-state index contributed by atoms with van der Waals surface area (Å²) in [7, 11) is 3.59. The van der Waals surface area contributed by atoms with Gasteiger partial charge in [0.2, 0.25) is 11.9 Å². The van der Waals surface area contributed by atoms with Crippen LogP contribution in [0.1, 0.15) is 24.0 Å². The molecule has 1 aliphatic rings. The minimum atomic E-state index is -0.591. The number of benzene rings is 1.